The van der Waals surface area contributed by atoms with Crippen molar-refractivity contribution < 1.29 is 18.4 Å². The maximum Gasteiger partial charge on any atom is 0.277 e. The molecular formula is C24H28N6O4S. The van der Waals surface area contributed by atoms with E-state index < -0.39 is 15.9 Å². The van der Waals surface area contributed by atoms with Crippen LogP contribution in [0.5, 0.6) is 0 Å². The van der Waals surface area contributed by atoms with Gasteiger partial charge in [0.05, 0.1) is 10.5 Å². The van der Waals surface area contributed by atoms with Crippen LogP contribution in [0.4, 0.5) is 5.95 Å². The highest BCUT2D eigenvalue weighted by Gasteiger charge is 2.29. The van der Waals surface area contributed by atoms with Gasteiger partial charge in [-0.1, -0.05) is 36.4 Å². The average Bonchev–Trinajstić information content (AvgIpc) is 2.88. The number of hydrogen-bond acceptors (Lipinski definition) is 8. The number of nitrogens with zero attached hydrogens (tertiary/aromatic N) is 5. The smallest absolute Gasteiger partial charge is 0.277 e. The molecule has 0 atom stereocenters. The molecule has 1 amide bonds. The zero-order valence-corrected chi connectivity index (χ0v) is 20.4. The lowest BCUT2D eigenvalue weighted by Gasteiger charge is -2.34. The summed E-state index contributed by atoms with van der Waals surface area (Å²) in [5.74, 6) is -0.294. The third-order valence-corrected chi connectivity index (χ3v) is 7.71. The lowest BCUT2D eigenvalue weighted by Crippen LogP contribution is -2.49. The van der Waals surface area contributed by atoms with Crippen molar-refractivity contribution in [3.05, 3.63) is 72.1 Å². The number of hydroxylamine groups is 1. The summed E-state index contributed by atoms with van der Waals surface area (Å²) in [5.41, 5.74) is 4.87. The van der Waals surface area contributed by atoms with Gasteiger partial charge in [-0.2, -0.15) is 4.31 Å². The van der Waals surface area contributed by atoms with Crippen molar-refractivity contribution in [3.8, 4) is 11.1 Å². The molecule has 2 aromatic carbocycles. The second-order valence-electron chi connectivity index (χ2n) is 8.56. The van der Waals surface area contributed by atoms with Crippen LogP contribution < -0.4 is 10.4 Å². The van der Waals surface area contributed by atoms with Crippen molar-refractivity contribution in [1.29, 1.82) is 0 Å². The summed E-state index contributed by atoms with van der Waals surface area (Å²) in [6, 6.07) is 15.2. The summed E-state index contributed by atoms with van der Waals surface area (Å²) >= 11 is 0. The first-order chi connectivity index (χ1) is 16.8. The Balaban J connectivity index is 1.40. The standard InChI is InChI=1S/C24H28N6O4S/c1-28(2)17-18-3-5-19(6-4-18)20-7-9-22(10-8-20)35(33,34)30-13-11-29(12-14-30)24-25-15-21(16-26-24)23(31)27-32/h3-10,15-16,32H,11-14,17H2,1-2H3,(H,27,31). The molecule has 0 saturated carbocycles. The highest BCUT2D eigenvalue weighted by Crippen LogP contribution is 2.25. The van der Waals surface area contributed by atoms with Crippen LogP contribution in [0, 0.1) is 0 Å². The minimum atomic E-state index is -3.63. The van der Waals surface area contributed by atoms with Gasteiger partial charge in [-0.25, -0.2) is 23.9 Å². The summed E-state index contributed by atoms with van der Waals surface area (Å²) < 4.78 is 27.8. The van der Waals surface area contributed by atoms with Gasteiger partial charge in [0.25, 0.3) is 5.91 Å². The molecule has 10 nitrogen and oxygen atoms in total. The topological polar surface area (TPSA) is 119 Å². The Labute approximate surface area is 204 Å². The normalized spacial score (nSPS) is 14.8. The number of carbonyl (C=O) groups is 1. The number of anilines is 1. The Hall–Kier alpha value is -3.38. The number of piperazine rings is 1. The molecule has 35 heavy (non-hydrogen) atoms. The van der Waals surface area contributed by atoms with Crippen molar-refractivity contribution in [1.82, 2.24) is 24.7 Å². The first kappa shape index (κ1) is 24.7. The van der Waals surface area contributed by atoms with Gasteiger partial charge < -0.3 is 9.80 Å². The van der Waals surface area contributed by atoms with E-state index in [0.717, 1.165) is 17.7 Å². The van der Waals surface area contributed by atoms with Gasteiger partial charge in [0, 0.05) is 45.1 Å². The third-order valence-electron chi connectivity index (χ3n) is 5.80. The van der Waals surface area contributed by atoms with Crippen LogP contribution in [0.25, 0.3) is 11.1 Å². The number of hydrogen-bond donors (Lipinski definition) is 2. The molecule has 0 aliphatic carbocycles. The number of amides is 1. The quantitative estimate of drug-likeness (QED) is 0.376. The van der Waals surface area contributed by atoms with Gasteiger partial charge in [-0.05, 0) is 42.9 Å². The summed E-state index contributed by atoms with van der Waals surface area (Å²) in [6.45, 7) is 2.28. The van der Waals surface area contributed by atoms with E-state index in [2.05, 4.69) is 27.0 Å². The maximum atomic E-state index is 13.2. The summed E-state index contributed by atoms with van der Waals surface area (Å²) in [5, 5.41) is 8.69. The molecule has 1 aliphatic heterocycles. The Kier molecular flexibility index (Phi) is 7.41. The van der Waals surface area contributed by atoms with Gasteiger partial charge >= 0.3 is 0 Å². The largest absolute Gasteiger partial charge is 0.338 e. The van der Waals surface area contributed by atoms with E-state index in [9.17, 15) is 13.2 Å². The van der Waals surface area contributed by atoms with E-state index in [-0.39, 0.29) is 10.5 Å². The minimum absolute atomic E-state index is 0.130. The van der Waals surface area contributed by atoms with Gasteiger partial charge in [0.2, 0.25) is 16.0 Å². The molecule has 0 radical (unpaired) electrons. The van der Waals surface area contributed by atoms with Crippen LogP contribution in [0.15, 0.2) is 65.8 Å². The fraction of sp³-hybridized carbons (Fsp3) is 0.292. The zero-order chi connectivity index (χ0) is 25.0. The monoisotopic (exact) mass is 496 g/mol. The number of aromatic nitrogens is 2. The fourth-order valence-corrected chi connectivity index (χ4v) is 5.35. The van der Waals surface area contributed by atoms with Gasteiger partial charge in [-0.3, -0.25) is 10.0 Å². The number of benzene rings is 2. The van der Waals surface area contributed by atoms with Gasteiger partial charge in [0.1, 0.15) is 0 Å². The molecule has 2 N–H and O–H groups in total. The first-order valence-electron chi connectivity index (χ1n) is 11.1. The fourth-order valence-electron chi connectivity index (χ4n) is 3.93. The Morgan fingerprint density at radius 3 is 2.00 bits per heavy atom. The molecule has 0 spiro atoms. The van der Waals surface area contributed by atoms with Crippen LogP contribution in [-0.2, 0) is 16.6 Å². The Bertz CT molecular complexity index is 1250. The molecule has 3 aromatic rings. The van der Waals surface area contributed by atoms with Crippen molar-refractivity contribution >= 4 is 21.9 Å². The average molecular weight is 497 g/mol. The van der Waals surface area contributed by atoms with Crippen LogP contribution in [-0.4, -0.2) is 79.0 Å². The highest BCUT2D eigenvalue weighted by atomic mass is 32.2. The van der Waals surface area contributed by atoms with Crippen molar-refractivity contribution in [3.63, 3.8) is 0 Å². The number of sulfonamides is 1. The molecule has 1 saturated heterocycles. The predicted octanol–water partition coefficient (Wildman–Crippen LogP) is 1.84. The van der Waals surface area contributed by atoms with Crippen LogP contribution >= 0.6 is 0 Å². The van der Waals surface area contributed by atoms with E-state index in [0.29, 0.717) is 32.1 Å². The summed E-state index contributed by atoms with van der Waals surface area (Å²) in [6.07, 6.45) is 2.63. The second kappa shape index (κ2) is 10.5. The molecule has 184 valence electrons. The molecular weight excluding hydrogens is 468 g/mol. The lowest BCUT2D eigenvalue weighted by atomic mass is 10.0. The maximum absolute atomic E-state index is 13.2. The molecule has 1 fully saturated rings. The summed E-state index contributed by atoms with van der Waals surface area (Å²) in [4.78, 5) is 23.9. The van der Waals surface area contributed by atoms with Crippen LogP contribution in [0.1, 0.15) is 15.9 Å². The minimum Gasteiger partial charge on any atom is -0.338 e. The molecule has 1 aliphatic rings. The molecule has 1 aromatic heterocycles. The molecule has 0 unspecified atom stereocenters. The SMILES string of the molecule is CN(C)Cc1ccc(-c2ccc(S(=O)(=O)N3CCN(c4ncc(C(=O)NO)cn4)CC3)cc2)cc1. The zero-order valence-electron chi connectivity index (χ0n) is 19.6. The van der Waals surface area contributed by atoms with E-state index in [1.54, 1.807) is 12.1 Å². The van der Waals surface area contributed by atoms with Crippen molar-refractivity contribution in [2.45, 2.75) is 11.4 Å². The van der Waals surface area contributed by atoms with E-state index in [1.807, 2.05) is 43.3 Å². The van der Waals surface area contributed by atoms with Crippen molar-refractivity contribution in [2.75, 3.05) is 45.2 Å². The number of rotatable bonds is 7. The van der Waals surface area contributed by atoms with Crippen molar-refractivity contribution in [2.24, 2.45) is 0 Å². The summed E-state index contributed by atoms with van der Waals surface area (Å²) in [7, 11) is 0.425. The molecule has 11 heteroatoms. The molecule has 4 rings (SSSR count). The first-order valence-corrected chi connectivity index (χ1v) is 12.6. The Morgan fingerprint density at radius 1 is 0.943 bits per heavy atom. The third kappa shape index (κ3) is 5.65. The van der Waals surface area contributed by atoms with E-state index >= 15 is 0 Å². The molecule has 2 heterocycles. The highest BCUT2D eigenvalue weighted by molar-refractivity contribution is 7.89. The van der Waals surface area contributed by atoms with E-state index in [1.165, 1.54) is 27.7 Å². The van der Waals surface area contributed by atoms with Gasteiger partial charge in [-0.15, -0.1) is 0 Å². The van der Waals surface area contributed by atoms with Crippen LogP contribution in [0.3, 0.4) is 0 Å². The number of nitrogens with one attached hydrogen (secondary N) is 1. The Morgan fingerprint density at radius 2 is 1.49 bits per heavy atom. The molecule has 0 bridgehead atoms. The van der Waals surface area contributed by atoms with Gasteiger partial charge in [0.15, 0.2) is 0 Å². The van der Waals surface area contributed by atoms with Crippen LogP contribution in [0.2, 0.25) is 0 Å². The second-order valence-corrected chi connectivity index (χ2v) is 10.5. The lowest BCUT2D eigenvalue weighted by molar-refractivity contribution is 0.0705. The van der Waals surface area contributed by atoms with E-state index in [4.69, 9.17) is 5.21 Å². The predicted molar refractivity (Wildman–Crippen MR) is 132 cm³/mol. The number of carbonyl (C=O) groups excluding carboxylic acids is 1.